The van der Waals surface area contributed by atoms with Gasteiger partial charge in [0.25, 0.3) is 0 Å². The van der Waals surface area contributed by atoms with Gasteiger partial charge in [0, 0.05) is 16.5 Å². The van der Waals surface area contributed by atoms with Gasteiger partial charge in [-0.1, -0.05) is 30.3 Å². The van der Waals surface area contributed by atoms with Crippen LogP contribution < -0.4 is 14.8 Å². The number of methoxy groups -OCH3 is 2. The number of carbonyl (C=O) groups excluding carboxylic acids is 1. The number of carbonyl (C=O) groups is 1. The van der Waals surface area contributed by atoms with Crippen molar-refractivity contribution in [3.05, 3.63) is 63.5 Å². The molecule has 5 nitrogen and oxygen atoms in total. The van der Waals surface area contributed by atoms with Gasteiger partial charge in [0.15, 0.2) is 16.6 Å². The van der Waals surface area contributed by atoms with Crippen LogP contribution in [0.3, 0.4) is 0 Å². The lowest BCUT2D eigenvalue weighted by Crippen LogP contribution is -2.07. The summed E-state index contributed by atoms with van der Waals surface area (Å²) in [4.78, 5) is 17.9. The standard InChI is InChI=1S/C21H19BrN2O3S/c1-13-19(15-7-5-4-6-8-15)24-21(28-13)23-18(25)10-9-14-11-16(22)20(27-3)17(12-14)26-2/h4-12H,1-3H3,(H,23,24,25). The number of rotatable bonds is 6. The summed E-state index contributed by atoms with van der Waals surface area (Å²) in [7, 11) is 3.14. The highest BCUT2D eigenvalue weighted by Crippen LogP contribution is 2.36. The van der Waals surface area contributed by atoms with Gasteiger partial charge in [0.2, 0.25) is 5.91 Å². The molecular weight excluding hydrogens is 440 g/mol. The predicted octanol–water partition coefficient (Wildman–Crippen LogP) is 5.55. The fraction of sp³-hybridized carbons (Fsp3) is 0.143. The number of hydrogen-bond acceptors (Lipinski definition) is 5. The number of amides is 1. The van der Waals surface area contributed by atoms with Crippen LogP contribution in [0.5, 0.6) is 11.5 Å². The number of aromatic nitrogens is 1. The minimum absolute atomic E-state index is 0.251. The number of nitrogens with zero attached hydrogens (tertiary/aromatic N) is 1. The van der Waals surface area contributed by atoms with Crippen molar-refractivity contribution in [1.29, 1.82) is 0 Å². The van der Waals surface area contributed by atoms with Crippen LogP contribution in [0.4, 0.5) is 5.13 Å². The minimum atomic E-state index is -0.251. The smallest absolute Gasteiger partial charge is 0.250 e. The topological polar surface area (TPSA) is 60.5 Å². The molecular formula is C21H19BrN2O3S. The molecule has 0 saturated carbocycles. The van der Waals surface area contributed by atoms with Crippen molar-refractivity contribution < 1.29 is 14.3 Å². The Morgan fingerprint density at radius 2 is 1.93 bits per heavy atom. The lowest BCUT2D eigenvalue weighted by atomic mass is 10.1. The molecule has 0 saturated heterocycles. The maximum atomic E-state index is 12.3. The summed E-state index contributed by atoms with van der Waals surface area (Å²) in [6, 6.07) is 13.6. The second-order valence-corrected chi connectivity index (χ2v) is 7.91. The van der Waals surface area contributed by atoms with E-state index in [1.54, 1.807) is 26.4 Å². The van der Waals surface area contributed by atoms with E-state index in [1.165, 1.54) is 17.4 Å². The van der Waals surface area contributed by atoms with Gasteiger partial charge in [-0.05, 0) is 46.6 Å². The molecule has 0 radical (unpaired) electrons. The zero-order valence-corrected chi connectivity index (χ0v) is 18.1. The molecule has 1 N–H and O–H groups in total. The molecule has 1 heterocycles. The number of thiazole rings is 1. The normalized spacial score (nSPS) is 10.9. The van der Waals surface area contributed by atoms with E-state index in [0.29, 0.717) is 16.6 Å². The number of nitrogens with one attached hydrogen (secondary N) is 1. The van der Waals surface area contributed by atoms with Crippen LogP contribution >= 0.6 is 27.3 Å². The Morgan fingerprint density at radius 1 is 1.18 bits per heavy atom. The second-order valence-electron chi connectivity index (χ2n) is 5.85. The van der Waals surface area contributed by atoms with Crippen molar-refractivity contribution in [2.45, 2.75) is 6.92 Å². The van der Waals surface area contributed by atoms with E-state index < -0.39 is 0 Å². The Labute approximate surface area is 176 Å². The maximum Gasteiger partial charge on any atom is 0.250 e. The highest BCUT2D eigenvalue weighted by molar-refractivity contribution is 9.10. The molecule has 0 atom stereocenters. The molecule has 0 aliphatic carbocycles. The van der Waals surface area contributed by atoms with E-state index in [0.717, 1.165) is 26.2 Å². The molecule has 0 aliphatic heterocycles. The Kier molecular flexibility index (Phi) is 6.49. The number of aryl methyl sites for hydroxylation is 1. The molecule has 0 aliphatic rings. The highest BCUT2D eigenvalue weighted by Gasteiger charge is 2.12. The van der Waals surface area contributed by atoms with Crippen molar-refractivity contribution in [2.24, 2.45) is 0 Å². The number of halogens is 1. The minimum Gasteiger partial charge on any atom is -0.493 e. The summed E-state index contributed by atoms with van der Waals surface area (Å²) in [6.45, 7) is 1.99. The second kappa shape index (κ2) is 9.03. The predicted molar refractivity (Wildman–Crippen MR) is 117 cm³/mol. The lowest BCUT2D eigenvalue weighted by Gasteiger charge is -2.10. The van der Waals surface area contributed by atoms with Gasteiger partial charge in [0.05, 0.1) is 24.4 Å². The van der Waals surface area contributed by atoms with Crippen molar-refractivity contribution in [1.82, 2.24) is 4.98 Å². The van der Waals surface area contributed by atoms with Gasteiger partial charge in [-0.25, -0.2) is 4.98 Å². The first-order valence-corrected chi connectivity index (χ1v) is 10.1. The van der Waals surface area contributed by atoms with Gasteiger partial charge in [-0.3, -0.25) is 10.1 Å². The highest BCUT2D eigenvalue weighted by atomic mass is 79.9. The van der Waals surface area contributed by atoms with Crippen LogP contribution in [0.2, 0.25) is 0 Å². The molecule has 28 heavy (non-hydrogen) atoms. The molecule has 3 rings (SSSR count). The first-order valence-electron chi connectivity index (χ1n) is 8.45. The Hall–Kier alpha value is -2.64. The molecule has 7 heteroatoms. The van der Waals surface area contributed by atoms with Crippen LogP contribution in [0.15, 0.2) is 53.0 Å². The van der Waals surface area contributed by atoms with Crippen molar-refractivity contribution in [3.8, 4) is 22.8 Å². The molecule has 0 spiro atoms. The summed E-state index contributed by atoms with van der Waals surface area (Å²) >= 11 is 4.90. The molecule has 3 aromatic rings. The third-order valence-electron chi connectivity index (χ3n) is 3.96. The molecule has 0 fully saturated rings. The fourth-order valence-electron chi connectivity index (χ4n) is 2.67. The van der Waals surface area contributed by atoms with E-state index in [2.05, 4.69) is 26.2 Å². The van der Waals surface area contributed by atoms with Crippen LogP contribution in [-0.4, -0.2) is 25.1 Å². The van der Waals surface area contributed by atoms with Gasteiger partial charge in [-0.15, -0.1) is 11.3 Å². The van der Waals surface area contributed by atoms with Crippen LogP contribution in [0, 0.1) is 6.92 Å². The lowest BCUT2D eigenvalue weighted by molar-refractivity contribution is -0.111. The summed E-state index contributed by atoms with van der Waals surface area (Å²) < 4.78 is 11.4. The fourth-order valence-corrected chi connectivity index (χ4v) is 4.13. The Morgan fingerprint density at radius 3 is 2.61 bits per heavy atom. The van der Waals surface area contributed by atoms with Crippen molar-refractivity contribution >= 4 is 44.4 Å². The Balaban J connectivity index is 1.74. The van der Waals surface area contributed by atoms with E-state index in [-0.39, 0.29) is 5.91 Å². The number of benzene rings is 2. The quantitative estimate of drug-likeness (QED) is 0.491. The average molecular weight is 459 g/mol. The summed E-state index contributed by atoms with van der Waals surface area (Å²) in [5, 5.41) is 3.39. The third kappa shape index (κ3) is 4.61. The maximum absolute atomic E-state index is 12.3. The summed E-state index contributed by atoms with van der Waals surface area (Å²) in [6.07, 6.45) is 3.17. The third-order valence-corrected chi connectivity index (χ3v) is 5.43. The first kappa shape index (κ1) is 20.1. The zero-order valence-electron chi connectivity index (χ0n) is 15.7. The van der Waals surface area contributed by atoms with Crippen LogP contribution in [-0.2, 0) is 4.79 Å². The molecule has 1 amide bonds. The number of ether oxygens (including phenoxy) is 2. The summed E-state index contributed by atoms with van der Waals surface area (Å²) in [5.74, 6) is 0.940. The van der Waals surface area contributed by atoms with Gasteiger partial charge in [-0.2, -0.15) is 0 Å². The van der Waals surface area contributed by atoms with Gasteiger partial charge in [0.1, 0.15) is 0 Å². The summed E-state index contributed by atoms with van der Waals surface area (Å²) in [5.41, 5.74) is 2.72. The SMILES string of the molecule is COc1cc(C=CC(=O)Nc2nc(-c3ccccc3)c(C)s2)cc(Br)c1OC. The van der Waals surface area contributed by atoms with E-state index in [1.807, 2.05) is 43.3 Å². The molecule has 0 unspecified atom stereocenters. The van der Waals surface area contributed by atoms with Crippen LogP contribution in [0.1, 0.15) is 10.4 Å². The molecule has 0 bridgehead atoms. The molecule has 144 valence electrons. The zero-order chi connectivity index (χ0) is 20.1. The van der Waals surface area contributed by atoms with Crippen molar-refractivity contribution in [3.63, 3.8) is 0 Å². The first-order chi connectivity index (χ1) is 13.5. The number of anilines is 1. The van der Waals surface area contributed by atoms with Gasteiger partial charge >= 0.3 is 0 Å². The van der Waals surface area contributed by atoms with Crippen molar-refractivity contribution in [2.75, 3.05) is 19.5 Å². The van der Waals surface area contributed by atoms with E-state index >= 15 is 0 Å². The molecule has 1 aromatic heterocycles. The Bertz CT molecular complexity index is 1020. The van der Waals surface area contributed by atoms with E-state index in [9.17, 15) is 4.79 Å². The largest absolute Gasteiger partial charge is 0.493 e. The molecule has 2 aromatic carbocycles. The van der Waals surface area contributed by atoms with E-state index in [4.69, 9.17) is 9.47 Å². The van der Waals surface area contributed by atoms with Crippen LogP contribution in [0.25, 0.3) is 17.3 Å². The monoisotopic (exact) mass is 458 g/mol. The van der Waals surface area contributed by atoms with Gasteiger partial charge < -0.3 is 9.47 Å². The number of hydrogen-bond donors (Lipinski definition) is 1. The average Bonchev–Trinajstić information content (AvgIpc) is 3.06.